The molecule has 0 saturated heterocycles. The Hall–Kier alpha value is -1.45. The molecule has 0 spiro atoms. The molecule has 0 unspecified atom stereocenters. The van der Waals surface area contributed by atoms with E-state index in [1.165, 1.54) is 6.92 Å². The van der Waals surface area contributed by atoms with Crippen molar-refractivity contribution in [3.8, 4) is 0 Å². The van der Waals surface area contributed by atoms with Gasteiger partial charge in [0.05, 0.1) is 6.61 Å². The van der Waals surface area contributed by atoms with E-state index in [4.69, 9.17) is 5.11 Å². The average molecular weight is 249 g/mol. The third-order valence-corrected chi connectivity index (χ3v) is 3.36. The SMILES string of the molecule is Cc1[nH]c(=O)[nH]c(=O)c1S(=O)(=O)NCCO. The van der Waals surface area contributed by atoms with Crippen molar-refractivity contribution < 1.29 is 13.5 Å². The molecular weight excluding hydrogens is 238 g/mol. The summed E-state index contributed by atoms with van der Waals surface area (Å²) in [5.74, 6) is 0. The molecule has 1 rings (SSSR count). The predicted octanol–water partition coefficient (Wildman–Crippen LogP) is -2.36. The lowest BCUT2D eigenvalue weighted by Crippen LogP contribution is -2.35. The standard InChI is InChI=1S/C7H11N3O5S/c1-4-5(6(12)10-7(13)9-4)16(14,15)8-2-3-11/h8,11H,2-3H2,1H3,(H2,9,10,12,13). The quantitative estimate of drug-likeness (QED) is 0.474. The first-order valence-corrected chi connectivity index (χ1v) is 5.80. The van der Waals surface area contributed by atoms with Crippen LogP contribution in [0.15, 0.2) is 14.5 Å². The van der Waals surface area contributed by atoms with Crippen molar-refractivity contribution in [1.29, 1.82) is 0 Å². The topological polar surface area (TPSA) is 132 Å². The number of rotatable bonds is 4. The summed E-state index contributed by atoms with van der Waals surface area (Å²) in [6.07, 6.45) is 0. The maximum absolute atomic E-state index is 11.6. The van der Waals surface area contributed by atoms with E-state index in [9.17, 15) is 18.0 Å². The van der Waals surface area contributed by atoms with Crippen molar-refractivity contribution in [3.05, 3.63) is 26.5 Å². The molecule has 0 amide bonds. The number of hydrogen-bond donors (Lipinski definition) is 4. The molecule has 0 aromatic carbocycles. The number of aromatic amines is 2. The molecule has 0 bridgehead atoms. The van der Waals surface area contributed by atoms with E-state index in [1.54, 1.807) is 0 Å². The van der Waals surface area contributed by atoms with Crippen LogP contribution in [-0.2, 0) is 10.0 Å². The zero-order chi connectivity index (χ0) is 12.3. The number of sulfonamides is 1. The summed E-state index contributed by atoms with van der Waals surface area (Å²) >= 11 is 0. The lowest BCUT2D eigenvalue weighted by atomic mass is 10.4. The van der Waals surface area contributed by atoms with E-state index >= 15 is 0 Å². The van der Waals surface area contributed by atoms with Gasteiger partial charge in [-0.2, -0.15) is 0 Å². The maximum atomic E-state index is 11.6. The zero-order valence-electron chi connectivity index (χ0n) is 8.40. The number of aliphatic hydroxyl groups is 1. The van der Waals surface area contributed by atoms with Gasteiger partial charge in [0.25, 0.3) is 5.56 Å². The van der Waals surface area contributed by atoms with E-state index in [0.717, 1.165) is 0 Å². The summed E-state index contributed by atoms with van der Waals surface area (Å²) in [4.78, 5) is 25.6. The summed E-state index contributed by atoms with van der Waals surface area (Å²) in [5, 5.41) is 8.49. The second-order valence-corrected chi connectivity index (χ2v) is 4.69. The van der Waals surface area contributed by atoms with Crippen LogP contribution in [0.4, 0.5) is 0 Å². The Balaban J connectivity index is 3.34. The highest BCUT2D eigenvalue weighted by atomic mass is 32.2. The lowest BCUT2D eigenvalue weighted by Gasteiger charge is -2.06. The molecule has 16 heavy (non-hydrogen) atoms. The van der Waals surface area contributed by atoms with Crippen LogP contribution in [0.5, 0.6) is 0 Å². The molecule has 0 radical (unpaired) electrons. The van der Waals surface area contributed by atoms with Crippen LogP contribution in [0.3, 0.4) is 0 Å². The zero-order valence-corrected chi connectivity index (χ0v) is 9.22. The molecule has 1 aromatic rings. The number of nitrogens with one attached hydrogen (secondary N) is 3. The van der Waals surface area contributed by atoms with Crippen LogP contribution >= 0.6 is 0 Å². The van der Waals surface area contributed by atoms with E-state index in [-0.39, 0.29) is 18.8 Å². The molecular formula is C7H11N3O5S. The summed E-state index contributed by atoms with van der Waals surface area (Å²) in [6.45, 7) is 0.698. The van der Waals surface area contributed by atoms with Crippen LogP contribution in [0, 0.1) is 6.92 Å². The first kappa shape index (κ1) is 12.6. The molecule has 8 nitrogen and oxygen atoms in total. The fourth-order valence-corrected chi connectivity index (χ4v) is 2.42. The van der Waals surface area contributed by atoms with Gasteiger partial charge in [0.1, 0.15) is 0 Å². The largest absolute Gasteiger partial charge is 0.395 e. The van der Waals surface area contributed by atoms with Crippen LogP contribution in [0.1, 0.15) is 5.69 Å². The van der Waals surface area contributed by atoms with Crippen LogP contribution < -0.4 is 16.0 Å². The molecule has 1 heterocycles. The Morgan fingerprint density at radius 2 is 1.94 bits per heavy atom. The third kappa shape index (κ3) is 2.56. The molecule has 0 atom stereocenters. The van der Waals surface area contributed by atoms with Gasteiger partial charge in [0.2, 0.25) is 10.0 Å². The number of H-pyrrole nitrogens is 2. The molecule has 0 aliphatic rings. The summed E-state index contributed by atoms with van der Waals surface area (Å²) in [7, 11) is -4.02. The second-order valence-electron chi connectivity index (χ2n) is 2.98. The Bertz CT molecular complexity index is 585. The van der Waals surface area contributed by atoms with Crippen LogP contribution in [0.2, 0.25) is 0 Å². The Kier molecular flexibility index (Phi) is 3.62. The minimum Gasteiger partial charge on any atom is -0.395 e. The molecule has 0 fully saturated rings. The van der Waals surface area contributed by atoms with Gasteiger partial charge < -0.3 is 10.1 Å². The smallest absolute Gasteiger partial charge is 0.325 e. The molecule has 0 aliphatic heterocycles. The minimum absolute atomic E-state index is 0.0563. The van der Waals surface area contributed by atoms with Crippen LogP contribution in [-0.4, -0.2) is 36.6 Å². The number of aromatic nitrogens is 2. The van der Waals surface area contributed by atoms with E-state index in [2.05, 4.69) is 4.98 Å². The lowest BCUT2D eigenvalue weighted by molar-refractivity contribution is 0.301. The fourth-order valence-electron chi connectivity index (χ4n) is 1.16. The van der Waals surface area contributed by atoms with Crippen molar-refractivity contribution in [1.82, 2.24) is 14.7 Å². The summed E-state index contributed by atoms with van der Waals surface area (Å²) in [6, 6.07) is 0. The van der Waals surface area contributed by atoms with Crippen LogP contribution in [0.25, 0.3) is 0 Å². The van der Waals surface area contributed by atoms with Crippen molar-refractivity contribution in [3.63, 3.8) is 0 Å². The van der Waals surface area contributed by atoms with Crippen molar-refractivity contribution in [2.24, 2.45) is 0 Å². The van der Waals surface area contributed by atoms with Gasteiger partial charge in [-0.1, -0.05) is 0 Å². The summed E-state index contributed by atoms with van der Waals surface area (Å²) < 4.78 is 25.2. The monoisotopic (exact) mass is 249 g/mol. The maximum Gasteiger partial charge on any atom is 0.325 e. The number of aliphatic hydroxyl groups excluding tert-OH is 1. The average Bonchev–Trinajstić information content (AvgIpc) is 2.12. The fraction of sp³-hybridized carbons (Fsp3) is 0.429. The van der Waals surface area contributed by atoms with Gasteiger partial charge in [0.15, 0.2) is 4.90 Å². The Morgan fingerprint density at radius 3 is 2.44 bits per heavy atom. The predicted molar refractivity (Wildman–Crippen MR) is 54.7 cm³/mol. The van der Waals surface area contributed by atoms with E-state index in [0.29, 0.717) is 0 Å². The molecule has 9 heteroatoms. The molecule has 4 N–H and O–H groups in total. The van der Waals surface area contributed by atoms with Crippen molar-refractivity contribution in [2.75, 3.05) is 13.2 Å². The van der Waals surface area contributed by atoms with E-state index in [1.807, 2.05) is 9.71 Å². The van der Waals surface area contributed by atoms with Gasteiger partial charge >= 0.3 is 5.69 Å². The summed E-state index contributed by atoms with van der Waals surface area (Å²) in [5.41, 5.74) is -1.82. The van der Waals surface area contributed by atoms with Crippen molar-refractivity contribution >= 4 is 10.0 Å². The Morgan fingerprint density at radius 1 is 1.31 bits per heavy atom. The highest BCUT2D eigenvalue weighted by Gasteiger charge is 2.21. The van der Waals surface area contributed by atoms with Gasteiger partial charge in [-0.15, -0.1) is 0 Å². The number of aryl methyl sites for hydroxylation is 1. The third-order valence-electron chi connectivity index (χ3n) is 1.75. The van der Waals surface area contributed by atoms with Gasteiger partial charge in [-0.25, -0.2) is 17.9 Å². The molecule has 1 aromatic heterocycles. The van der Waals surface area contributed by atoms with Crippen molar-refractivity contribution in [2.45, 2.75) is 11.8 Å². The van der Waals surface area contributed by atoms with Gasteiger partial charge in [-0.05, 0) is 6.92 Å². The second kappa shape index (κ2) is 4.60. The highest BCUT2D eigenvalue weighted by molar-refractivity contribution is 7.89. The van der Waals surface area contributed by atoms with E-state index < -0.39 is 26.2 Å². The first-order valence-electron chi connectivity index (χ1n) is 4.32. The highest BCUT2D eigenvalue weighted by Crippen LogP contribution is 2.03. The van der Waals surface area contributed by atoms with Gasteiger partial charge in [-0.3, -0.25) is 9.78 Å². The molecule has 0 aliphatic carbocycles. The Labute approximate surface area is 90.4 Å². The first-order chi connectivity index (χ1) is 7.38. The van der Waals surface area contributed by atoms with Gasteiger partial charge in [0, 0.05) is 12.2 Å². The normalized spacial score (nSPS) is 11.6. The molecule has 0 saturated carbocycles. The number of hydrogen-bond acceptors (Lipinski definition) is 5. The molecule has 90 valence electrons. The minimum atomic E-state index is -4.02.